The monoisotopic (exact) mass is 258 g/mol. The zero-order valence-corrected chi connectivity index (χ0v) is 9.48. The smallest absolute Gasteiger partial charge is 0.357 e. The highest BCUT2D eigenvalue weighted by Crippen LogP contribution is 2.29. The Morgan fingerprint density at radius 3 is 2.41 bits per heavy atom. The molecule has 1 heterocycles. The molecule has 0 aliphatic carbocycles. The lowest BCUT2D eigenvalue weighted by molar-refractivity contribution is -0.137. The van der Waals surface area contributed by atoms with Crippen LogP contribution in [0.1, 0.15) is 11.1 Å². The third-order valence-corrected chi connectivity index (χ3v) is 2.89. The predicted molar refractivity (Wildman–Crippen MR) is 60.9 cm³/mol. The first-order chi connectivity index (χ1) is 8.05. The van der Waals surface area contributed by atoms with Crippen LogP contribution >= 0.6 is 11.3 Å². The van der Waals surface area contributed by atoms with Crippen molar-refractivity contribution < 1.29 is 13.2 Å². The molecule has 0 unspecified atom stereocenters. The average Bonchev–Trinajstić information content (AvgIpc) is 2.78. The van der Waals surface area contributed by atoms with Gasteiger partial charge in [-0.05, 0) is 17.7 Å². The summed E-state index contributed by atoms with van der Waals surface area (Å²) < 4.78 is 36.9. The van der Waals surface area contributed by atoms with Gasteiger partial charge >= 0.3 is 6.18 Å². The van der Waals surface area contributed by atoms with Crippen molar-refractivity contribution in [3.63, 3.8) is 0 Å². The Morgan fingerprint density at radius 1 is 1.18 bits per heavy atom. The Bertz CT molecular complexity index is 462. The van der Waals surface area contributed by atoms with Gasteiger partial charge in [0.25, 0.3) is 0 Å². The molecule has 2 aromatic rings. The van der Waals surface area contributed by atoms with Gasteiger partial charge in [-0.25, -0.2) is 4.98 Å². The van der Waals surface area contributed by atoms with E-state index >= 15 is 0 Å². The van der Waals surface area contributed by atoms with E-state index in [0.717, 1.165) is 22.8 Å². The van der Waals surface area contributed by atoms with E-state index in [2.05, 4.69) is 10.3 Å². The number of thiazole rings is 1. The molecule has 1 aromatic heterocycles. The lowest BCUT2D eigenvalue weighted by Crippen LogP contribution is -2.05. The van der Waals surface area contributed by atoms with Gasteiger partial charge in [-0.15, -0.1) is 11.3 Å². The molecule has 0 spiro atoms. The van der Waals surface area contributed by atoms with Crippen molar-refractivity contribution in [2.24, 2.45) is 0 Å². The van der Waals surface area contributed by atoms with Gasteiger partial charge < -0.3 is 5.32 Å². The van der Waals surface area contributed by atoms with Crippen LogP contribution in [-0.2, 0) is 12.7 Å². The lowest BCUT2D eigenvalue weighted by Gasteiger charge is -2.07. The maximum atomic E-state index is 12.3. The van der Waals surface area contributed by atoms with E-state index in [-0.39, 0.29) is 0 Å². The van der Waals surface area contributed by atoms with Gasteiger partial charge in [0, 0.05) is 18.1 Å². The standard InChI is InChI=1S/C11H9F3N2S/c12-11(13,14)9-3-1-8(2-4-9)7-16-10-15-5-6-17-10/h1-6H,7H2,(H,15,16). The molecule has 0 aliphatic rings. The first-order valence-electron chi connectivity index (χ1n) is 4.85. The minimum absolute atomic E-state index is 0.464. The summed E-state index contributed by atoms with van der Waals surface area (Å²) in [4.78, 5) is 4.02. The number of hydrogen-bond acceptors (Lipinski definition) is 3. The van der Waals surface area contributed by atoms with E-state index in [9.17, 15) is 13.2 Å². The Balaban J connectivity index is 1.99. The molecule has 1 aromatic carbocycles. The Kier molecular flexibility index (Phi) is 3.33. The summed E-state index contributed by atoms with van der Waals surface area (Å²) in [6.45, 7) is 0.464. The number of alkyl halides is 3. The van der Waals surface area contributed by atoms with Crippen molar-refractivity contribution in [3.8, 4) is 0 Å². The van der Waals surface area contributed by atoms with Crippen LogP contribution in [0.5, 0.6) is 0 Å². The number of aromatic nitrogens is 1. The topological polar surface area (TPSA) is 24.9 Å². The Labute approximate surface area is 100 Å². The lowest BCUT2D eigenvalue weighted by atomic mass is 10.1. The summed E-state index contributed by atoms with van der Waals surface area (Å²) in [6, 6.07) is 5.09. The van der Waals surface area contributed by atoms with Crippen molar-refractivity contribution in [2.45, 2.75) is 12.7 Å². The molecule has 0 saturated heterocycles. The van der Waals surface area contributed by atoms with Crippen molar-refractivity contribution >= 4 is 16.5 Å². The van der Waals surface area contributed by atoms with E-state index in [1.165, 1.54) is 23.5 Å². The van der Waals surface area contributed by atoms with E-state index in [1.54, 1.807) is 6.20 Å². The molecule has 0 radical (unpaired) electrons. The second-order valence-electron chi connectivity index (χ2n) is 3.39. The summed E-state index contributed by atoms with van der Waals surface area (Å²) in [7, 11) is 0. The van der Waals surface area contributed by atoms with Gasteiger partial charge in [-0.2, -0.15) is 13.2 Å². The molecule has 90 valence electrons. The van der Waals surface area contributed by atoms with Crippen molar-refractivity contribution in [1.82, 2.24) is 4.98 Å². The van der Waals surface area contributed by atoms with Crippen molar-refractivity contribution in [2.75, 3.05) is 5.32 Å². The van der Waals surface area contributed by atoms with Crippen LogP contribution in [0, 0.1) is 0 Å². The molecule has 1 N–H and O–H groups in total. The number of nitrogens with zero attached hydrogens (tertiary/aromatic N) is 1. The number of nitrogens with one attached hydrogen (secondary N) is 1. The summed E-state index contributed by atoms with van der Waals surface area (Å²) >= 11 is 1.45. The van der Waals surface area contributed by atoms with Crippen molar-refractivity contribution in [1.29, 1.82) is 0 Å². The quantitative estimate of drug-likeness (QED) is 0.906. The molecule has 0 fully saturated rings. The third-order valence-electron chi connectivity index (χ3n) is 2.16. The zero-order valence-electron chi connectivity index (χ0n) is 8.66. The fourth-order valence-corrected chi connectivity index (χ4v) is 1.83. The molecule has 0 bridgehead atoms. The van der Waals surface area contributed by atoms with E-state index < -0.39 is 11.7 Å². The van der Waals surface area contributed by atoms with Crippen LogP contribution in [0.25, 0.3) is 0 Å². The maximum Gasteiger partial charge on any atom is 0.416 e. The Morgan fingerprint density at radius 2 is 1.88 bits per heavy atom. The SMILES string of the molecule is FC(F)(F)c1ccc(CNc2nccs2)cc1. The highest BCUT2D eigenvalue weighted by Gasteiger charge is 2.29. The van der Waals surface area contributed by atoms with Gasteiger partial charge in [0.1, 0.15) is 0 Å². The van der Waals surface area contributed by atoms with Crippen LogP contribution in [0.2, 0.25) is 0 Å². The summed E-state index contributed by atoms with van der Waals surface area (Å²) in [5.74, 6) is 0. The molecule has 17 heavy (non-hydrogen) atoms. The molecule has 0 aliphatic heterocycles. The number of rotatable bonds is 3. The second kappa shape index (κ2) is 4.75. The fourth-order valence-electron chi connectivity index (χ4n) is 1.30. The average molecular weight is 258 g/mol. The number of halogens is 3. The minimum atomic E-state index is -4.28. The fraction of sp³-hybridized carbons (Fsp3) is 0.182. The summed E-state index contributed by atoms with van der Waals surface area (Å²) in [5.41, 5.74) is 0.156. The molecular weight excluding hydrogens is 249 g/mol. The number of anilines is 1. The first-order valence-corrected chi connectivity index (χ1v) is 5.73. The van der Waals surface area contributed by atoms with Crippen LogP contribution in [-0.4, -0.2) is 4.98 Å². The highest BCUT2D eigenvalue weighted by atomic mass is 32.1. The molecule has 2 nitrogen and oxygen atoms in total. The van der Waals surface area contributed by atoms with Crippen molar-refractivity contribution in [3.05, 3.63) is 47.0 Å². The van der Waals surface area contributed by atoms with Crippen LogP contribution in [0.15, 0.2) is 35.8 Å². The van der Waals surface area contributed by atoms with Gasteiger partial charge in [-0.3, -0.25) is 0 Å². The summed E-state index contributed by atoms with van der Waals surface area (Å²) in [5, 5.41) is 5.61. The highest BCUT2D eigenvalue weighted by molar-refractivity contribution is 7.13. The molecule has 6 heteroatoms. The van der Waals surface area contributed by atoms with Gasteiger partial charge in [-0.1, -0.05) is 12.1 Å². The normalized spacial score (nSPS) is 11.5. The van der Waals surface area contributed by atoms with E-state index in [0.29, 0.717) is 6.54 Å². The minimum Gasteiger partial charge on any atom is -0.357 e. The van der Waals surface area contributed by atoms with Crippen LogP contribution < -0.4 is 5.32 Å². The van der Waals surface area contributed by atoms with Crippen LogP contribution in [0.3, 0.4) is 0 Å². The van der Waals surface area contributed by atoms with Gasteiger partial charge in [0.15, 0.2) is 5.13 Å². The van der Waals surface area contributed by atoms with Gasteiger partial charge in [0.2, 0.25) is 0 Å². The molecule has 2 rings (SSSR count). The predicted octanol–water partition coefficient (Wildman–Crippen LogP) is 3.77. The number of hydrogen-bond donors (Lipinski definition) is 1. The van der Waals surface area contributed by atoms with E-state index in [4.69, 9.17) is 0 Å². The van der Waals surface area contributed by atoms with E-state index in [1.807, 2.05) is 5.38 Å². The van der Waals surface area contributed by atoms with Gasteiger partial charge in [0.05, 0.1) is 5.56 Å². The number of benzene rings is 1. The zero-order chi connectivity index (χ0) is 12.3. The first kappa shape index (κ1) is 11.9. The third kappa shape index (κ3) is 3.20. The molecular formula is C11H9F3N2S. The molecule has 0 saturated carbocycles. The Hall–Kier alpha value is -1.56. The largest absolute Gasteiger partial charge is 0.416 e. The molecule has 0 atom stereocenters. The maximum absolute atomic E-state index is 12.3. The molecule has 0 amide bonds. The summed E-state index contributed by atoms with van der Waals surface area (Å²) in [6.07, 6.45) is -2.61. The van der Waals surface area contributed by atoms with Crippen LogP contribution in [0.4, 0.5) is 18.3 Å². The second-order valence-corrected chi connectivity index (χ2v) is 4.28.